The van der Waals surface area contributed by atoms with E-state index in [1.807, 2.05) is 26.6 Å². The van der Waals surface area contributed by atoms with Crippen LogP contribution in [0.5, 0.6) is 0 Å². The fourth-order valence-electron chi connectivity index (χ4n) is 4.46. The minimum atomic E-state index is -0.254. The molecule has 1 aliphatic carbocycles. The lowest BCUT2D eigenvalue weighted by molar-refractivity contribution is -0.141. The second kappa shape index (κ2) is 5.73. The van der Waals surface area contributed by atoms with Crippen LogP contribution in [-0.2, 0) is 9.59 Å². The molecule has 5 heteroatoms. The molecule has 24 heavy (non-hydrogen) atoms. The molecule has 0 N–H and O–H groups in total. The molecule has 2 amide bonds. The molecule has 2 atom stereocenters. The number of anilines is 1. The van der Waals surface area contributed by atoms with Crippen molar-refractivity contribution < 1.29 is 9.59 Å². The number of nitrogens with zero attached hydrogens (tertiary/aromatic N) is 2. The lowest BCUT2D eigenvalue weighted by Crippen LogP contribution is -2.43. The van der Waals surface area contributed by atoms with Gasteiger partial charge in [0.05, 0.1) is 11.1 Å². The molecular weight excluding hydrogens is 320 g/mol. The smallest absolute Gasteiger partial charge is 0.228 e. The number of allylic oxidation sites excluding steroid dienone is 2. The summed E-state index contributed by atoms with van der Waals surface area (Å²) in [6, 6.07) is 2.01. The zero-order valence-corrected chi connectivity index (χ0v) is 15.0. The number of rotatable bonds is 2. The molecule has 3 heterocycles. The normalized spacial score (nSPS) is 33.0. The Morgan fingerprint density at radius 3 is 2.83 bits per heavy atom. The second-order valence-corrected chi connectivity index (χ2v) is 8.67. The van der Waals surface area contributed by atoms with Gasteiger partial charge in [-0.05, 0) is 37.1 Å². The van der Waals surface area contributed by atoms with Gasteiger partial charge in [0.25, 0.3) is 0 Å². The summed E-state index contributed by atoms with van der Waals surface area (Å²) in [4.78, 5) is 29.5. The average molecular weight is 344 g/mol. The molecule has 4 rings (SSSR count). The predicted octanol–water partition coefficient (Wildman–Crippen LogP) is 3.45. The Hall–Kier alpha value is -1.62. The van der Waals surface area contributed by atoms with Gasteiger partial charge in [0, 0.05) is 36.9 Å². The maximum absolute atomic E-state index is 13.0. The van der Waals surface area contributed by atoms with E-state index < -0.39 is 0 Å². The second-order valence-electron chi connectivity index (χ2n) is 7.89. The molecule has 0 radical (unpaired) electrons. The van der Waals surface area contributed by atoms with Crippen molar-refractivity contribution in [3.8, 4) is 0 Å². The maximum Gasteiger partial charge on any atom is 0.228 e. The highest BCUT2D eigenvalue weighted by molar-refractivity contribution is 7.08. The fraction of sp³-hybridized carbons (Fsp3) is 0.579. The van der Waals surface area contributed by atoms with Crippen molar-refractivity contribution >= 4 is 28.8 Å². The molecule has 2 saturated heterocycles. The van der Waals surface area contributed by atoms with E-state index >= 15 is 0 Å². The standard InChI is InChI=1S/C19H24N2O2S/c1-18(6-3-2-4-7-18)17(23)20-9-8-19(13-20)11-16(22)21(14-19)15-5-10-24-12-15/h2-3,5,10,12H,4,6-9,11,13-14H2,1H3. The number of amides is 2. The molecule has 2 fully saturated rings. The highest BCUT2D eigenvalue weighted by Gasteiger charge is 2.50. The Morgan fingerprint density at radius 1 is 1.25 bits per heavy atom. The molecular formula is C19H24N2O2S. The summed E-state index contributed by atoms with van der Waals surface area (Å²) < 4.78 is 0. The third-order valence-corrected chi connectivity index (χ3v) is 6.65. The lowest BCUT2D eigenvalue weighted by Gasteiger charge is -2.34. The van der Waals surface area contributed by atoms with Gasteiger partial charge in [-0.25, -0.2) is 0 Å². The van der Waals surface area contributed by atoms with Crippen molar-refractivity contribution in [1.82, 2.24) is 4.90 Å². The molecule has 3 aliphatic rings. The Labute approximate surface area is 147 Å². The minimum absolute atomic E-state index is 0.0461. The van der Waals surface area contributed by atoms with Crippen LogP contribution in [0, 0.1) is 10.8 Å². The molecule has 4 nitrogen and oxygen atoms in total. The first-order valence-corrected chi connectivity index (χ1v) is 9.73. The van der Waals surface area contributed by atoms with E-state index in [1.165, 1.54) is 0 Å². The lowest BCUT2D eigenvalue weighted by atomic mass is 9.77. The van der Waals surface area contributed by atoms with Gasteiger partial charge in [0.1, 0.15) is 0 Å². The van der Waals surface area contributed by atoms with Gasteiger partial charge >= 0.3 is 0 Å². The van der Waals surface area contributed by atoms with Gasteiger partial charge in [0.15, 0.2) is 0 Å². The number of likely N-dealkylation sites (tertiary alicyclic amines) is 1. The zero-order valence-electron chi connectivity index (χ0n) is 14.2. The number of hydrogen-bond acceptors (Lipinski definition) is 3. The number of carbonyl (C=O) groups is 2. The third kappa shape index (κ3) is 2.59. The number of hydrogen-bond donors (Lipinski definition) is 0. The zero-order chi connectivity index (χ0) is 16.8. The Morgan fingerprint density at radius 2 is 2.12 bits per heavy atom. The summed E-state index contributed by atoms with van der Waals surface area (Å²) in [5, 5.41) is 4.04. The summed E-state index contributed by atoms with van der Waals surface area (Å²) >= 11 is 1.62. The largest absolute Gasteiger partial charge is 0.342 e. The van der Waals surface area contributed by atoms with Crippen LogP contribution < -0.4 is 4.90 Å². The summed E-state index contributed by atoms with van der Waals surface area (Å²) in [6.07, 6.45) is 8.60. The minimum Gasteiger partial charge on any atom is -0.342 e. The first kappa shape index (κ1) is 15.9. The molecule has 1 spiro atoms. The van der Waals surface area contributed by atoms with Crippen molar-refractivity contribution in [2.24, 2.45) is 10.8 Å². The van der Waals surface area contributed by atoms with Crippen molar-refractivity contribution in [2.45, 2.75) is 39.0 Å². The van der Waals surface area contributed by atoms with E-state index in [-0.39, 0.29) is 22.6 Å². The number of carbonyl (C=O) groups excluding carboxylic acids is 2. The van der Waals surface area contributed by atoms with Gasteiger partial charge in [-0.15, -0.1) is 0 Å². The number of thiophene rings is 1. The van der Waals surface area contributed by atoms with Gasteiger partial charge in [0.2, 0.25) is 11.8 Å². The summed E-state index contributed by atoms with van der Waals surface area (Å²) in [7, 11) is 0. The Kier molecular flexibility index (Phi) is 3.79. The molecule has 0 saturated carbocycles. The highest BCUT2D eigenvalue weighted by Crippen LogP contribution is 2.44. The van der Waals surface area contributed by atoms with Crippen LogP contribution in [0.4, 0.5) is 5.69 Å². The van der Waals surface area contributed by atoms with Crippen LogP contribution in [0.1, 0.15) is 39.0 Å². The van der Waals surface area contributed by atoms with Crippen molar-refractivity contribution in [3.05, 3.63) is 29.0 Å². The monoisotopic (exact) mass is 344 g/mol. The van der Waals surface area contributed by atoms with Crippen LogP contribution in [0.2, 0.25) is 0 Å². The van der Waals surface area contributed by atoms with E-state index in [4.69, 9.17) is 0 Å². The average Bonchev–Trinajstić information content (AvgIpc) is 3.29. The maximum atomic E-state index is 13.0. The molecule has 0 aromatic carbocycles. The van der Waals surface area contributed by atoms with Gasteiger partial charge in [-0.3, -0.25) is 9.59 Å². The van der Waals surface area contributed by atoms with Crippen molar-refractivity contribution in [2.75, 3.05) is 24.5 Å². The van der Waals surface area contributed by atoms with E-state index in [1.54, 1.807) is 11.3 Å². The molecule has 1 aromatic heterocycles. The van der Waals surface area contributed by atoms with Crippen LogP contribution in [0.25, 0.3) is 0 Å². The first-order chi connectivity index (χ1) is 11.5. The SMILES string of the molecule is CC1(C(=O)N2CCC3(CC(=O)N(c4ccsc4)C3)C2)CC=CCC1. The van der Waals surface area contributed by atoms with Crippen LogP contribution in [-0.4, -0.2) is 36.3 Å². The van der Waals surface area contributed by atoms with Crippen LogP contribution >= 0.6 is 11.3 Å². The molecule has 1 aromatic rings. The van der Waals surface area contributed by atoms with Crippen LogP contribution in [0.15, 0.2) is 29.0 Å². The van der Waals surface area contributed by atoms with Gasteiger partial charge in [-0.2, -0.15) is 11.3 Å². The summed E-state index contributed by atoms with van der Waals surface area (Å²) in [6.45, 7) is 4.38. The Bertz CT molecular complexity index is 684. The third-order valence-electron chi connectivity index (χ3n) is 5.98. The van der Waals surface area contributed by atoms with E-state index in [2.05, 4.69) is 19.1 Å². The highest BCUT2D eigenvalue weighted by atomic mass is 32.1. The Balaban J connectivity index is 1.47. The summed E-state index contributed by atoms with van der Waals surface area (Å²) in [5.41, 5.74) is 0.710. The van der Waals surface area contributed by atoms with Gasteiger partial charge < -0.3 is 9.80 Å². The topological polar surface area (TPSA) is 40.6 Å². The fourth-order valence-corrected chi connectivity index (χ4v) is 5.11. The summed E-state index contributed by atoms with van der Waals surface area (Å²) in [5.74, 6) is 0.486. The quantitative estimate of drug-likeness (QED) is 0.771. The molecule has 2 aliphatic heterocycles. The van der Waals surface area contributed by atoms with E-state index in [0.717, 1.165) is 51.0 Å². The molecule has 0 bridgehead atoms. The van der Waals surface area contributed by atoms with Crippen molar-refractivity contribution in [1.29, 1.82) is 0 Å². The van der Waals surface area contributed by atoms with Crippen molar-refractivity contribution in [3.63, 3.8) is 0 Å². The first-order valence-electron chi connectivity index (χ1n) is 8.78. The van der Waals surface area contributed by atoms with E-state index in [0.29, 0.717) is 6.42 Å². The van der Waals surface area contributed by atoms with E-state index in [9.17, 15) is 9.59 Å². The van der Waals surface area contributed by atoms with Gasteiger partial charge in [-0.1, -0.05) is 19.1 Å². The molecule has 128 valence electrons. The predicted molar refractivity (Wildman–Crippen MR) is 96.0 cm³/mol. The molecule has 2 unspecified atom stereocenters. The van der Waals surface area contributed by atoms with Crippen LogP contribution in [0.3, 0.4) is 0 Å².